The van der Waals surface area contributed by atoms with Crippen molar-refractivity contribution < 1.29 is 75.1 Å². The molecule has 2 aromatic carbocycles. The van der Waals surface area contributed by atoms with Crippen LogP contribution in [0, 0.1) is 0 Å². The van der Waals surface area contributed by atoms with Crippen molar-refractivity contribution in [2.45, 2.75) is 75.4 Å². The van der Waals surface area contributed by atoms with Crippen molar-refractivity contribution in [2.24, 2.45) is 0 Å². The van der Waals surface area contributed by atoms with E-state index in [1.807, 2.05) is 12.1 Å². The topological polar surface area (TPSA) is 320 Å². The van der Waals surface area contributed by atoms with E-state index in [0.29, 0.717) is 11.8 Å². The Hall–Kier alpha value is -4.36. The summed E-state index contributed by atoms with van der Waals surface area (Å²) in [5.74, 6) is -8.88. The summed E-state index contributed by atoms with van der Waals surface area (Å²) in [5.41, 5.74) is 0.244. The van der Waals surface area contributed by atoms with Gasteiger partial charge in [-0.1, -0.05) is 49.2 Å². The van der Waals surface area contributed by atoms with E-state index < -0.39 is 72.7 Å². The zero-order valence-electron chi connectivity index (χ0n) is 29.0. The molecule has 0 saturated carbocycles. The van der Waals surface area contributed by atoms with Gasteiger partial charge in [-0.25, -0.2) is 9.59 Å². The van der Waals surface area contributed by atoms with Gasteiger partial charge in [0.2, 0.25) is 0 Å². The van der Waals surface area contributed by atoms with Crippen LogP contribution in [0.4, 0.5) is 0 Å². The lowest BCUT2D eigenvalue weighted by Gasteiger charge is -2.18. The van der Waals surface area contributed by atoms with Crippen LogP contribution < -0.4 is 10.6 Å². The fourth-order valence-corrected chi connectivity index (χ4v) is 5.60. The number of hydrogen-bond donors (Lipinski definition) is 10. The second-order valence-corrected chi connectivity index (χ2v) is 13.2. The largest absolute Gasteiger partial charge is 0.481 e. The number of carboxylic acids is 6. The lowest BCUT2D eigenvalue weighted by atomic mass is 9.96. The Morgan fingerprint density at radius 3 is 1.13 bits per heavy atom. The van der Waals surface area contributed by atoms with Gasteiger partial charge in [0.25, 0.3) is 0 Å². The van der Waals surface area contributed by atoms with E-state index >= 15 is 0 Å². The first-order valence-electron chi connectivity index (χ1n) is 15.9. The van der Waals surface area contributed by atoms with Crippen LogP contribution in [0.3, 0.4) is 0 Å². The Morgan fingerprint density at radius 1 is 0.604 bits per heavy atom. The first-order valence-corrected chi connectivity index (χ1v) is 16.6. The molecular weight excluding hydrogens is 747 g/mol. The van der Waals surface area contributed by atoms with Gasteiger partial charge in [-0.05, 0) is 84.3 Å². The summed E-state index contributed by atoms with van der Waals surface area (Å²) in [4.78, 5) is 61.0. The van der Waals surface area contributed by atoms with Gasteiger partial charge in [0, 0.05) is 23.1 Å². The molecule has 0 bridgehead atoms. The van der Waals surface area contributed by atoms with E-state index in [1.165, 1.54) is 22.3 Å². The molecule has 4 rings (SSSR count). The normalized spacial score (nSPS) is 16.2. The fourth-order valence-electron chi connectivity index (χ4n) is 5.24. The molecule has 0 fully saturated rings. The Kier molecular flexibility index (Phi) is 20.8. The molecule has 0 spiro atoms. The third-order valence-electron chi connectivity index (χ3n) is 7.89. The van der Waals surface area contributed by atoms with Gasteiger partial charge in [-0.15, -0.1) is 0 Å². The van der Waals surface area contributed by atoms with Crippen molar-refractivity contribution in [2.75, 3.05) is 26.2 Å². The Morgan fingerprint density at radius 2 is 0.887 bits per heavy atom. The number of carboxylic acid groups (broad SMARTS) is 6. The lowest BCUT2D eigenvalue weighted by molar-refractivity contribution is -0.170. The summed E-state index contributed by atoms with van der Waals surface area (Å²) >= 11 is 11.9. The van der Waals surface area contributed by atoms with Crippen LogP contribution in [-0.4, -0.2) is 120 Å². The number of fused-ring (bicyclic) bond motifs is 2. The number of rotatable bonds is 10. The average Bonchev–Trinajstić information content (AvgIpc) is 3.31. The molecule has 2 atom stereocenters. The van der Waals surface area contributed by atoms with Gasteiger partial charge < -0.3 is 57.0 Å². The second-order valence-electron chi connectivity index (χ2n) is 12.4. The predicted molar refractivity (Wildman–Crippen MR) is 191 cm³/mol. The number of benzene rings is 2. The third-order valence-corrected chi connectivity index (χ3v) is 8.36. The van der Waals surface area contributed by atoms with Crippen molar-refractivity contribution >= 4 is 59.0 Å². The zero-order chi connectivity index (χ0) is 39.8. The Bertz CT molecular complexity index is 1440. The highest BCUT2D eigenvalue weighted by Crippen LogP contribution is 2.26. The molecule has 0 amide bonds. The number of aliphatic hydroxyl groups is 2. The molecule has 17 nitrogen and oxygen atoms in total. The van der Waals surface area contributed by atoms with Crippen LogP contribution in [0.15, 0.2) is 36.4 Å². The second kappa shape index (κ2) is 22.7. The number of hydrogen-bond acceptors (Lipinski definition) is 10. The lowest BCUT2D eigenvalue weighted by Crippen LogP contribution is -2.42. The van der Waals surface area contributed by atoms with Crippen LogP contribution in [0.5, 0.6) is 0 Å². The van der Waals surface area contributed by atoms with Gasteiger partial charge in [0.1, 0.15) is 0 Å². The molecule has 2 heterocycles. The third kappa shape index (κ3) is 17.3. The summed E-state index contributed by atoms with van der Waals surface area (Å²) in [6, 6.07) is 12.5. The zero-order valence-corrected chi connectivity index (χ0v) is 30.5. The summed E-state index contributed by atoms with van der Waals surface area (Å²) in [5, 5.41) is 76.2. The van der Waals surface area contributed by atoms with Crippen molar-refractivity contribution in [3.63, 3.8) is 0 Å². The molecule has 0 aliphatic carbocycles. The number of halogens is 2. The van der Waals surface area contributed by atoms with E-state index in [0.717, 1.165) is 49.1 Å². The SMILES string of the molecule is C[C@H]1CNCCc2ccc(Cl)cc21.C[C@H]1CNCCc2ccc(Cl)cc21.O.O=C(O)CC(O)(CC(=O)O)C(=O)O.O=C(O)CC(O)(CC(=O)O)C(=O)O. The molecule has 19 heteroatoms. The van der Waals surface area contributed by atoms with Crippen molar-refractivity contribution in [3.05, 3.63) is 68.7 Å². The summed E-state index contributed by atoms with van der Waals surface area (Å²) < 4.78 is 0. The van der Waals surface area contributed by atoms with Gasteiger partial charge in [0.15, 0.2) is 11.2 Å². The summed E-state index contributed by atoms with van der Waals surface area (Å²) in [7, 11) is 0. The van der Waals surface area contributed by atoms with Crippen LogP contribution >= 0.6 is 23.2 Å². The number of nitrogens with one attached hydrogen (secondary N) is 2. The van der Waals surface area contributed by atoms with Gasteiger partial charge in [-0.3, -0.25) is 19.2 Å². The summed E-state index contributed by atoms with van der Waals surface area (Å²) in [6.45, 7) is 8.78. The quantitative estimate of drug-likeness (QED) is 0.164. The minimum absolute atomic E-state index is 0. The van der Waals surface area contributed by atoms with Crippen molar-refractivity contribution in [3.8, 4) is 0 Å². The van der Waals surface area contributed by atoms with Gasteiger partial charge in [-0.2, -0.15) is 0 Å². The minimum Gasteiger partial charge on any atom is -0.481 e. The highest BCUT2D eigenvalue weighted by atomic mass is 35.5. The van der Waals surface area contributed by atoms with E-state index in [4.69, 9.17) is 64.1 Å². The first-order chi connectivity index (χ1) is 24.1. The van der Waals surface area contributed by atoms with E-state index in [-0.39, 0.29) is 5.48 Å². The van der Waals surface area contributed by atoms with Crippen molar-refractivity contribution in [1.82, 2.24) is 10.6 Å². The van der Waals surface area contributed by atoms with Crippen molar-refractivity contribution in [1.29, 1.82) is 0 Å². The number of carbonyl (C=O) groups is 6. The fraction of sp³-hybridized carbons (Fsp3) is 0.471. The summed E-state index contributed by atoms with van der Waals surface area (Å²) in [6.07, 6.45) is -2.33. The van der Waals surface area contributed by atoms with Crippen LogP contribution in [0.1, 0.15) is 73.6 Å². The van der Waals surface area contributed by atoms with Crippen LogP contribution in [-0.2, 0) is 41.6 Å². The standard InChI is InChI=1S/2C11H14ClN.2C6H8O7.H2O/c2*1-8-7-13-5-4-9-2-3-10(12)6-11(8)9;2*7-3(8)1-6(13,5(11)12)2-4(9)10;/h2*2-3,6,8,13H,4-5,7H2,1H3;2*13H,1-2H2,(H,7,8)(H,9,10)(H,11,12);1H2/t2*8-;;;/m00.../s1. The van der Waals surface area contributed by atoms with Gasteiger partial charge >= 0.3 is 35.8 Å². The van der Waals surface area contributed by atoms with Crippen LogP contribution in [0.25, 0.3) is 0 Å². The Labute approximate surface area is 314 Å². The number of aliphatic carboxylic acids is 6. The maximum atomic E-state index is 10.3. The molecular formula is C34H46Cl2N2O15. The maximum Gasteiger partial charge on any atom is 0.336 e. The smallest absolute Gasteiger partial charge is 0.336 e. The maximum absolute atomic E-state index is 10.3. The van der Waals surface area contributed by atoms with E-state index in [9.17, 15) is 28.8 Å². The molecule has 2 aliphatic rings. The molecule has 2 aromatic rings. The molecule has 0 aromatic heterocycles. The van der Waals surface area contributed by atoms with Crippen LogP contribution in [0.2, 0.25) is 10.0 Å². The Balaban J connectivity index is 0.000000676. The molecule has 0 unspecified atom stereocenters. The molecule has 12 N–H and O–H groups in total. The average molecular weight is 794 g/mol. The molecule has 53 heavy (non-hydrogen) atoms. The molecule has 0 radical (unpaired) electrons. The predicted octanol–water partition coefficient (Wildman–Crippen LogP) is 1.86. The molecule has 2 aliphatic heterocycles. The highest BCUT2D eigenvalue weighted by Gasteiger charge is 2.41. The van der Waals surface area contributed by atoms with E-state index in [1.54, 1.807) is 0 Å². The first kappa shape index (κ1) is 48.6. The molecule has 0 saturated heterocycles. The minimum atomic E-state index is -2.74. The highest BCUT2D eigenvalue weighted by molar-refractivity contribution is 6.31. The van der Waals surface area contributed by atoms with Gasteiger partial charge in [0.05, 0.1) is 25.7 Å². The molecule has 296 valence electrons. The van der Waals surface area contributed by atoms with E-state index in [2.05, 4.69) is 48.7 Å². The monoisotopic (exact) mass is 792 g/mol.